The molecule has 1 aromatic carbocycles. The van der Waals surface area contributed by atoms with Crippen molar-refractivity contribution in [1.29, 1.82) is 0 Å². The first-order chi connectivity index (χ1) is 9.19. The third kappa shape index (κ3) is 5.32. The molecule has 1 aromatic rings. The molecule has 0 spiro atoms. The van der Waals surface area contributed by atoms with E-state index in [1.54, 1.807) is 6.07 Å². The summed E-state index contributed by atoms with van der Waals surface area (Å²) in [4.78, 5) is 2.35. The number of nitrogens with zero attached hydrogens (tertiary/aromatic N) is 1. The van der Waals surface area contributed by atoms with Gasteiger partial charge in [-0.1, -0.05) is 22.9 Å². The molecule has 0 aromatic heterocycles. The van der Waals surface area contributed by atoms with Crippen molar-refractivity contribution >= 4 is 28.3 Å². The van der Waals surface area contributed by atoms with E-state index in [4.69, 9.17) is 0 Å². The normalized spacial score (nSPS) is 16.9. The van der Waals surface area contributed by atoms with E-state index >= 15 is 0 Å². The second kappa shape index (κ2) is 8.98. The second-order valence-corrected chi connectivity index (χ2v) is 6.18. The predicted octanol–water partition coefficient (Wildman–Crippen LogP) is 3.83. The number of rotatable bonds is 5. The van der Waals surface area contributed by atoms with Crippen molar-refractivity contribution in [1.82, 2.24) is 10.2 Å². The zero-order valence-electron chi connectivity index (χ0n) is 11.9. The van der Waals surface area contributed by atoms with E-state index in [-0.39, 0.29) is 18.2 Å². The third-order valence-electron chi connectivity index (χ3n) is 3.79. The fourth-order valence-electron chi connectivity index (χ4n) is 2.60. The molecule has 1 N–H and O–H groups in total. The van der Waals surface area contributed by atoms with Crippen LogP contribution in [0.2, 0.25) is 0 Å². The Labute approximate surface area is 135 Å². The third-order valence-corrected chi connectivity index (χ3v) is 4.29. The van der Waals surface area contributed by atoms with Crippen LogP contribution in [0.3, 0.4) is 0 Å². The molecule has 0 saturated carbocycles. The Morgan fingerprint density at radius 3 is 2.70 bits per heavy atom. The first-order valence-corrected chi connectivity index (χ1v) is 7.85. The number of hydrogen-bond acceptors (Lipinski definition) is 2. The molecule has 0 radical (unpaired) electrons. The highest BCUT2D eigenvalue weighted by Gasteiger charge is 2.19. The molecule has 5 heteroatoms. The minimum Gasteiger partial charge on any atom is -0.317 e. The maximum absolute atomic E-state index is 13.7. The van der Waals surface area contributed by atoms with Crippen LogP contribution in [0.15, 0.2) is 22.7 Å². The van der Waals surface area contributed by atoms with Gasteiger partial charge in [0.1, 0.15) is 5.82 Å². The number of benzene rings is 1. The van der Waals surface area contributed by atoms with Gasteiger partial charge in [0.05, 0.1) is 0 Å². The summed E-state index contributed by atoms with van der Waals surface area (Å²) >= 11 is 3.41. The zero-order chi connectivity index (χ0) is 13.7. The van der Waals surface area contributed by atoms with Gasteiger partial charge in [-0.15, -0.1) is 12.4 Å². The number of nitrogens with one attached hydrogen (secondary N) is 1. The molecule has 114 valence electrons. The second-order valence-electron chi connectivity index (χ2n) is 5.26. The average molecular weight is 366 g/mol. The summed E-state index contributed by atoms with van der Waals surface area (Å²) in [5, 5.41) is 3.41. The van der Waals surface area contributed by atoms with Crippen molar-refractivity contribution in [3.8, 4) is 0 Å². The molecule has 0 amide bonds. The van der Waals surface area contributed by atoms with Crippen molar-refractivity contribution in [2.75, 3.05) is 26.2 Å². The van der Waals surface area contributed by atoms with Crippen LogP contribution in [0.1, 0.15) is 25.3 Å². The zero-order valence-corrected chi connectivity index (χ0v) is 14.3. The van der Waals surface area contributed by atoms with Crippen LogP contribution in [0.25, 0.3) is 0 Å². The van der Waals surface area contributed by atoms with Crippen LogP contribution in [-0.4, -0.2) is 31.1 Å². The lowest BCUT2D eigenvalue weighted by Crippen LogP contribution is -2.37. The molecule has 2 nitrogen and oxygen atoms in total. The molecule has 1 saturated heterocycles. The van der Waals surface area contributed by atoms with Crippen LogP contribution in [0.4, 0.5) is 4.39 Å². The Balaban J connectivity index is 0.00000200. The molecule has 1 fully saturated rings. The van der Waals surface area contributed by atoms with Crippen molar-refractivity contribution in [2.24, 2.45) is 5.92 Å². The van der Waals surface area contributed by atoms with Gasteiger partial charge in [0, 0.05) is 16.6 Å². The maximum Gasteiger partial charge on any atom is 0.127 e. The minimum absolute atomic E-state index is 0. The lowest BCUT2D eigenvalue weighted by Gasteiger charge is -2.32. The Hall–Kier alpha value is -0.160. The quantitative estimate of drug-likeness (QED) is 0.853. The first kappa shape index (κ1) is 17.9. The van der Waals surface area contributed by atoms with Gasteiger partial charge in [0.2, 0.25) is 0 Å². The van der Waals surface area contributed by atoms with Gasteiger partial charge in [0.25, 0.3) is 0 Å². The van der Waals surface area contributed by atoms with Gasteiger partial charge in [-0.3, -0.25) is 4.90 Å². The van der Waals surface area contributed by atoms with Gasteiger partial charge in [-0.25, -0.2) is 4.39 Å². The van der Waals surface area contributed by atoms with E-state index < -0.39 is 0 Å². The molecule has 1 heterocycles. The molecular formula is C15H23BrClFN2. The summed E-state index contributed by atoms with van der Waals surface area (Å²) in [7, 11) is 0. The smallest absolute Gasteiger partial charge is 0.127 e. The fourth-order valence-corrected chi connectivity index (χ4v) is 3.01. The molecule has 0 unspecified atom stereocenters. The van der Waals surface area contributed by atoms with E-state index in [9.17, 15) is 4.39 Å². The lowest BCUT2D eigenvalue weighted by atomic mass is 9.96. The van der Waals surface area contributed by atoms with E-state index in [0.29, 0.717) is 0 Å². The number of hydrogen-bond donors (Lipinski definition) is 1. The molecule has 0 atom stereocenters. The van der Waals surface area contributed by atoms with E-state index in [1.165, 1.54) is 18.9 Å². The topological polar surface area (TPSA) is 15.3 Å². The SMILES string of the molecule is CCNCC1CCN(Cc2cc(Br)ccc2F)CC1.Cl. The van der Waals surface area contributed by atoms with Crippen molar-refractivity contribution in [3.63, 3.8) is 0 Å². The lowest BCUT2D eigenvalue weighted by molar-refractivity contribution is 0.174. The van der Waals surface area contributed by atoms with E-state index in [0.717, 1.165) is 48.7 Å². The summed E-state index contributed by atoms with van der Waals surface area (Å²) < 4.78 is 14.7. The van der Waals surface area contributed by atoms with E-state index in [1.807, 2.05) is 6.07 Å². The monoisotopic (exact) mass is 364 g/mol. The molecule has 0 aliphatic carbocycles. The Bertz CT molecular complexity index is 409. The Morgan fingerprint density at radius 1 is 1.35 bits per heavy atom. The molecule has 20 heavy (non-hydrogen) atoms. The van der Waals surface area contributed by atoms with Gasteiger partial charge in [0.15, 0.2) is 0 Å². The molecule has 2 rings (SSSR count). The average Bonchev–Trinajstić information content (AvgIpc) is 2.42. The van der Waals surface area contributed by atoms with Gasteiger partial charge in [-0.2, -0.15) is 0 Å². The van der Waals surface area contributed by atoms with Crippen molar-refractivity contribution in [3.05, 3.63) is 34.1 Å². The van der Waals surface area contributed by atoms with Gasteiger partial charge >= 0.3 is 0 Å². The summed E-state index contributed by atoms with van der Waals surface area (Å²) in [6, 6.07) is 5.18. The highest BCUT2D eigenvalue weighted by atomic mass is 79.9. The summed E-state index contributed by atoms with van der Waals surface area (Å²) in [6.45, 7) is 7.17. The van der Waals surface area contributed by atoms with E-state index in [2.05, 4.69) is 33.1 Å². The van der Waals surface area contributed by atoms with Gasteiger partial charge < -0.3 is 5.32 Å². The maximum atomic E-state index is 13.7. The number of piperidine rings is 1. The summed E-state index contributed by atoms with van der Waals surface area (Å²) in [6.07, 6.45) is 2.42. The predicted molar refractivity (Wildman–Crippen MR) is 87.9 cm³/mol. The summed E-state index contributed by atoms with van der Waals surface area (Å²) in [5.41, 5.74) is 0.791. The van der Waals surface area contributed by atoms with Crippen LogP contribution in [0.5, 0.6) is 0 Å². The minimum atomic E-state index is -0.0991. The van der Waals surface area contributed by atoms with Crippen LogP contribution in [0, 0.1) is 11.7 Å². The highest BCUT2D eigenvalue weighted by Crippen LogP contribution is 2.21. The highest BCUT2D eigenvalue weighted by molar-refractivity contribution is 9.10. The Kier molecular flexibility index (Phi) is 8.03. The standard InChI is InChI=1S/C15H22BrFN2.ClH/c1-2-18-10-12-5-7-19(8-6-12)11-13-9-14(16)3-4-15(13)17;/h3-4,9,12,18H,2,5-8,10-11H2,1H3;1H. The molecule has 0 bridgehead atoms. The largest absolute Gasteiger partial charge is 0.317 e. The van der Waals surface area contributed by atoms with Crippen LogP contribution in [-0.2, 0) is 6.54 Å². The van der Waals surface area contributed by atoms with Crippen LogP contribution < -0.4 is 5.32 Å². The molecular weight excluding hydrogens is 343 g/mol. The van der Waals surface area contributed by atoms with Crippen molar-refractivity contribution in [2.45, 2.75) is 26.3 Å². The summed E-state index contributed by atoms with van der Waals surface area (Å²) in [5.74, 6) is 0.682. The fraction of sp³-hybridized carbons (Fsp3) is 0.600. The van der Waals surface area contributed by atoms with Gasteiger partial charge in [-0.05, 0) is 63.1 Å². The Morgan fingerprint density at radius 2 is 2.05 bits per heavy atom. The number of likely N-dealkylation sites (tertiary alicyclic amines) is 1. The van der Waals surface area contributed by atoms with Crippen LogP contribution >= 0.6 is 28.3 Å². The number of halogens is 3. The first-order valence-electron chi connectivity index (χ1n) is 7.06. The molecule has 1 aliphatic rings. The van der Waals surface area contributed by atoms with Crippen molar-refractivity contribution < 1.29 is 4.39 Å². The molecule has 1 aliphatic heterocycles.